The Morgan fingerprint density at radius 1 is 1.80 bits per heavy atom. The van der Waals surface area contributed by atoms with E-state index in [9.17, 15) is 0 Å². The minimum atomic E-state index is 0. The summed E-state index contributed by atoms with van der Waals surface area (Å²) in [7, 11) is 0. The van der Waals surface area contributed by atoms with Gasteiger partial charge < -0.3 is 0 Å². The fourth-order valence-electron chi connectivity index (χ4n) is 0. The highest BCUT2D eigenvalue weighted by Gasteiger charge is 1.46. The fraction of sp³-hybridized carbons (Fsp3) is 0.250. The molecule has 0 saturated heterocycles. The van der Waals surface area contributed by atoms with Crippen molar-refractivity contribution in [3.63, 3.8) is 0 Å². The van der Waals surface area contributed by atoms with E-state index < -0.39 is 0 Å². The molecule has 0 heterocycles. The first-order valence-corrected chi connectivity index (χ1v) is 1.17. The number of allylic oxidation sites excluding steroid dienone is 1. The van der Waals surface area contributed by atoms with Gasteiger partial charge in [-0.3, -0.25) is 0 Å². The summed E-state index contributed by atoms with van der Waals surface area (Å²) >= 11 is 0. The molecule has 24 valence electrons. The molecule has 1 heteroatoms. The second-order valence-electron chi connectivity index (χ2n) is 0.493. The third-order valence-electron chi connectivity index (χ3n) is 0.144. The molecule has 0 N–H and O–H groups in total. The summed E-state index contributed by atoms with van der Waals surface area (Å²) in [4.78, 5) is 0. The van der Waals surface area contributed by atoms with Crippen molar-refractivity contribution < 1.29 is 0 Å². The van der Waals surface area contributed by atoms with Crippen molar-refractivity contribution in [3.05, 3.63) is 19.6 Å². The molecule has 0 unspecified atom stereocenters. The van der Waals surface area contributed by atoms with Crippen LogP contribution in [0.5, 0.6) is 0 Å². The predicted octanol–water partition coefficient (Wildman–Crippen LogP) is 0.770. The lowest BCUT2D eigenvalue weighted by Crippen LogP contribution is -1.37. The molecular formula is C4H5Al. The maximum Gasteiger partial charge on any atom is 0 e. The number of hydrogen-bond acceptors (Lipinski definition) is 0. The first kappa shape index (κ1) is 8.99. The SMILES string of the molecule is [Al].[C]CC=C. The topological polar surface area (TPSA) is 0 Å². The molecular weight excluding hydrogens is 75.0 g/mol. The zero-order valence-corrected chi connectivity index (χ0v) is 4.22. The fourth-order valence-corrected chi connectivity index (χ4v) is 0. The van der Waals surface area contributed by atoms with E-state index in [1.165, 1.54) is 0 Å². The summed E-state index contributed by atoms with van der Waals surface area (Å²) in [6.45, 7) is 9.62. The molecule has 6 radical (unpaired) electrons. The normalized spacial score (nSPS) is 5.00. The molecule has 0 spiro atoms. The van der Waals surface area contributed by atoms with Crippen LogP contribution in [0.3, 0.4) is 0 Å². The molecule has 0 aromatic heterocycles. The minimum absolute atomic E-state index is 0. The molecule has 0 aliphatic heterocycles. The Morgan fingerprint density at radius 2 is 2.00 bits per heavy atom. The molecule has 5 heavy (non-hydrogen) atoms. The van der Waals surface area contributed by atoms with Gasteiger partial charge in [0.15, 0.2) is 0 Å². The highest BCUT2D eigenvalue weighted by atomic mass is 27.0. The first-order valence-electron chi connectivity index (χ1n) is 1.17. The first-order chi connectivity index (χ1) is 1.91. The van der Waals surface area contributed by atoms with Gasteiger partial charge in [0.1, 0.15) is 0 Å². The second-order valence-corrected chi connectivity index (χ2v) is 0.493. The van der Waals surface area contributed by atoms with Crippen molar-refractivity contribution in [2.45, 2.75) is 6.42 Å². The Labute approximate surface area is 44.0 Å². The van der Waals surface area contributed by atoms with Crippen LogP contribution in [0.4, 0.5) is 0 Å². The average Bonchev–Trinajstić information content (AvgIpc) is 1.37. The van der Waals surface area contributed by atoms with Gasteiger partial charge in [-0.1, -0.05) is 6.08 Å². The van der Waals surface area contributed by atoms with Crippen molar-refractivity contribution in [2.24, 2.45) is 0 Å². The van der Waals surface area contributed by atoms with Gasteiger partial charge in [-0.2, -0.15) is 0 Å². The summed E-state index contributed by atoms with van der Waals surface area (Å²) in [6.07, 6.45) is 1.88. The smallest absolute Gasteiger partial charge is 0 e. The van der Waals surface area contributed by atoms with Crippen molar-refractivity contribution in [1.29, 1.82) is 0 Å². The van der Waals surface area contributed by atoms with Crippen LogP contribution in [0.15, 0.2) is 12.7 Å². The molecule has 0 atom stereocenters. The van der Waals surface area contributed by atoms with Crippen molar-refractivity contribution >= 4 is 17.4 Å². The Kier molecular flexibility index (Phi) is 15.9. The maximum absolute atomic E-state index is 6.33. The van der Waals surface area contributed by atoms with Crippen LogP contribution in [-0.2, 0) is 0 Å². The lowest BCUT2D eigenvalue weighted by Gasteiger charge is -1.56. The third kappa shape index (κ3) is 13.6. The highest BCUT2D eigenvalue weighted by molar-refractivity contribution is 5.75. The Balaban J connectivity index is 0. The van der Waals surface area contributed by atoms with Gasteiger partial charge in [0.05, 0.1) is 0 Å². The molecule has 0 rings (SSSR count). The Hall–Kier alpha value is 0.272. The van der Waals surface area contributed by atoms with E-state index in [1.54, 1.807) is 6.08 Å². The van der Waals surface area contributed by atoms with Crippen LogP contribution < -0.4 is 0 Å². The molecule has 0 saturated carbocycles. The van der Waals surface area contributed by atoms with Crippen LogP contribution in [0.25, 0.3) is 0 Å². The van der Waals surface area contributed by atoms with Gasteiger partial charge in [-0.05, 0) is 13.3 Å². The van der Waals surface area contributed by atoms with Crippen molar-refractivity contribution in [2.75, 3.05) is 0 Å². The molecule has 0 nitrogen and oxygen atoms in total. The lowest BCUT2D eigenvalue weighted by molar-refractivity contribution is 1.42. The summed E-state index contributed by atoms with van der Waals surface area (Å²) in [5.41, 5.74) is 0. The van der Waals surface area contributed by atoms with Crippen molar-refractivity contribution in [3.8, 4) is 0 Å². The largest absolute Gasteiger partial charge is 0.103 e. The monoisotopic (exact) mass is 80.0 g/mol. The molecule has 0 aromatic carbocycles. The van der Waals surface area contributed by atoms with Gasteiger partial charge in [-0.15, -0.1) is 6.58 Å². The van der Waals surface area contributed by atoms with Crippen LogP contribution in [-0.4, -0.2) is 17.4 Å². The molecule has 0 fully saturated rings. The van der Waals surface area contributed by atoms with Crippen LogP contribution >= 0.6 is 0 Å². The van der Waals surface area contributed by atoms with Crippen LogP contribution in [0.1, 0.15) is 6.42 Å². The number of hydrogen-bond donors (Lipinski definition) is 0. The quantitative estimate of drug-likeness (QED) is 0.322. The summed E-state index contributed by atoms with van der Waals surface area (Å²) in [5.74, 6) is 0. The van der Waals surface area contributed by atoms with E-state index in [2.05, 4.69) is 6.58 Å². The average molecular weight is 80.1 g/mol. The Morgan fingerprint density at radius 3 is 2.00 bits per heavy atom. The standard InChI is InChI=1S/C4H5.Al/c1-3-4-2;/h3H,1,4H2;. The van der Waals surface area contributed by atoms with E-state index in [-0.39, 0.29) is 17.4 Å². The van der Waals surface area contributed by atoms with Crippen LogP contribution in [0.2, 0.25) is 0 Å². The van der Waals surface area contributed by atoms with Gasteiger partial charge in [-0.25, -0.2) is 0 Å². The molecule has 0 aliphatic carbocycles. The van der Waals surface area contributed by atoms with Gasteiger partial charge in [0, 0.05) is 17.4 Å². The second kappa shape index (κ2) is 8.86. The maximum atomic E-state index is 6.33. The van der Waals surface area contributed by atoms with E-state index in [1.807, 2.05) is 0 Å². The van der Waals surface area contributed by atoms with Gasteiger partial charge in [0.25, 0.3) is 0 Å². The van der Waals surface area contributed by atoms with E-state index in [0.717, 1.165) is 0 Å². The predicted molar refractivity (Wildman–Crippen MR) is 23.8 cm³/mol. The molecule has 0 amide bonds. The lowest BCUT2D eigenvalue weighted by atomic mass is 10.5. The molecule has 0 aromatic rings. The number of rotatable bonds is 1. The van der Waals surface area contributed by atoms with Crippen LogP contribution in [0, 0.1) is 6.92 Å². The third-order valence-corrected chi connectivity index (χ3v) is 0.144. The Bertz CT molecular complexity index is 17.6. The van der Waals surface area contributed by atoms with E-state index in [0.29, 0.717) is 6.42 Å². The highest BCUT2D eigenvalue weighted by Crippen LogP contribution is 1.65. The summed E-state index contributed by atoms with van der Waals surface area (Å²) in [6, 6.07) is 0. The zero-order chi connectivity index (χ0) is 3.41. The molecule has 0 aliphatic rings. The van der Waals surface area contributed by atoms with Gasteiger partial charge in [0.2, 0.25) is 0 Å². The summed E-state index contributed by atoms with van der Waals surface area (Å²) in [5, 5.41) is 0. The van der Waals surface area contributed by atoms with Gasteiger partial charge >= 0.3 is 0 Å². The molecule has 0 bridgehead atoms. The summed E-state index contributed by atoms with van der Waals surface area (Å²) < 4.78 is 0. The zero-order valence-electron chi connectivity index (χ0n) is 3.07. The van der Waals surface area contributed by atoms with E-state index in [4.69, 9.17) is 6.92 Å². The van der Waals surface area contributed by atoms with Crippen molar-refractivity contribution in [1.82, 2.24) is 0 Å². The van der Waals surface area contributed by atoms with E-state index >= 15 is 0 Å². The minimum Gasteiger partial charge on any atom is -0.103 e.